The third-order valence-electron chi connectivity index (χ3n) is 2.85. The van der Waals surface area contributed by atoms with E-state index in [0.717, 1.165) is 18.5 Å². The predicted molar refractivity (Wildman–Crippen MR) is 75.7 cm³/mol. The Balaban J connectivity index is 2.45. The highest BCUT2D eigenvalue weighted by molar-refractivity contribution is 5.95. The Kier molecular flexibility index (Phi) is 6.42. The molecule has 0 aliphatic heterocycles. The summed E-state index contributed by atoms with van der Waals surface area (Å²) in [6, 6.07) is 1.75. The van der Waals surface area contributed by atoms with Crippen molar-refractivity contribution in [3.8, 4) is 0 Å². The van der Waals surface area contributed by atoms with Crippen molar-refractivity contribution in [2.45, 2.75) is 39.5 Å². The average molecular weight is 279 g/mol. The Morgan fingerprint density at radius 2 is 2.20 bits per heavy atom. The minimum atomic E-state index is -0.136. The molecule has 0 fully saturated rings. The first-order chi connectivity index (χ1) is 9.58. The van der Waals surface area contributed by atoms with Crippen LogP contribution in [0.3, 0.4) is 0 Å². The number of aryl methyl sites for hydroxylation is 2. The van der Waals surface area contributed by atoms with Gasteiger partial charge in [0.25, 0.3) is 5.91 Å². The molecule has 1 rings (SSSR count). The molecule has 0 atom stereocenters. The Hall–Kier alpha value is -2.18. The molecule has 0 aliphatic rings. The number of aromatic nitrogens is 2. The highest BCUT2D eigenvalue weighted by atomic mass is 16.4. The van der Waals surface area contributed by atoms with Crippen LogP contribution in [0.2, 0.25) is 0 Å². The first-order valence-electron chi connectivity index (χ1n) is 6.66. The van der Waals surface area contributed by atoms with Crippen LogP contribution in [-0.2, 0) is 6.42 Å². The Labute approximate surface area is 118 Å². The molecule has 0 aromatic carbocycles. The van der Waals surface area contributed by atoms with Crippen LogP contribution in [0.1, 0.15) is 47.9 Å². The summed E-state index contributed by atoms with van der Waals surface area (Å²) in [5.74, 6) is 0.0715. The van der Waals surface area contributed by atoms with E-state index in [1.807, 2.05) is 6.92 Å². The molecular weight excluding hydrogens is 258 g/mol. The van der Waals surface area contributed by atoms with Gasteiger partial charge in [-0.15, -0.1) is 0 Å². The predicted octanol–water partition coefficient (Wildman–Crippen LogP) is 0.994. The molecule has 0 bridgehead atoms. The van der Waals surface area contributed by atoms with Crippen LogP contribution in [-0.4, -0.2) is 33.7 Å². The van der Waals surface area contributed by atoms with Crippen LogP contribution in [0.5, 0.6) is 0 Å². The quantitative estimate of drug-likeness (QED) is 0.226. The molecule has 0 radical (unpaired) electrons. The van der Waals surface area contributed by atoms with E-state index in [4.69, 9.17) is 10.9 Å². The molecule has 1 amide bonds. The molecule has 20 heavy (non-hydrogen) atoms. The van der Waals surface area contributed by atoms with Gasteiger partial charge in [0.05, 0.1) is 17.0 Å². The van der Waals surface area contributed by atoms with Gasteiger partial charge >= 0.3 is 0 Å². The number of carbonyl (C=O) groups is 1. The maximum absolute atomic E-state index is 12.1. The summed E-state index contributed by atoms with van der Waals surface area (Å²) in [7, 11) is 0. The number of nitrogens with zero attached hydrogens (tertiary/aromatic N) is 3. The van der Waals surface area contributed by atoms with Gasteiger partial charge < -0.3 is 16.3 Å². The van der Waals surface area contributed by atoms with Gasteiger partial charge in [0.2, 0.25) is 0 Å². The number of amidine groups is 1. The lowest BCUT2D eigenvalue weighted by molar-refractivity contribution is 0.0951. The summed E-state index contributed by atoms with van der Waals surface area (Å²) >= 11 is 0. The van der Waals surface area contributed by atoms with Gasteiger partial charge in [-0.25, -0.2) is 0 Å². The lowest BCUT2D eigenvalue weighted by Crippen LogP contribution is -2.26. The summed E-state index contributed by atoms with van der Waals surface area (Å²) < 4.78 is 0. The number of unbranched alkanes of at least 4 members (excludes halogenated alkanes) is 1. The molecule has 0 saturated heterocycles. The summed E-state index contributed by atoms with van der Waals surface area (Å²) in [4.78, 5) is 12.1. The minimum absolute atomic E-state index is 0.136. The number of rotatable bonds is 7. The fourth-order valence-electron chi connectivity index (χ4n) is 1.75. The van der Waals surface area contributed by atoms with E-state index < -0.39 is 0 Å². The van der Waals surface area contributed by atoms with Crippen molar-refractivity contribution < 1.29 is 10.0 Å². The summed E-state index contributed by atoms with van der Waals surface area (Å²) in [6.07, 6.45) is 2.70. The molecule has 7 nitrogen and oxygen atoms in total. The van der Waals surface area contributed by atoms with Crippen LogP contribution in [0.4, 0.5) is 0 Å². The molecule has 1 aromatic rings. The Morgan fingerprint density at radius 1 is 1.45 bits per heavy atom. The van der Waals surface area contributed by atoms with Crippen molar-refractivity contribution in [1.82, 2.24) is 15.5 Å². The summed E-state index contributed by atoms with van der Waals surface area (Å²) in [5, 5.41) is 22.1. The second kappa shape index (κ2) is 8.08. The summed E-state index contributed by atoms with van der Waals surface area (Å²) in [5.41, 5.74) is 7.36. The number of nitrogens with two attached hydrogens (primary N) is 1. The van der Waals surface area contributed by atoms with Crippen LogP contribution in [0.25, 0.3) is 0 Å². The Morgan fingerprint density at radius 3 is 2.85 bits per heavy atom. The molecule has 0 unspecified atom stereocenters. The van der Waals surface area contributed by atoms with Crippen molar-refractivity contribution in [2.75, 3.05) is 6.54 Å². The maximum Gasteiger partial charge on any atom is 0.253 e. The molecule has 110 valence electrons. The van der Waals surface area contributed by atoms with E-state index in [0.29, 0.717) is 30.6 Å². The first kappa shape index (κ1) is 15.9. The van der Waals surface area contributed by atoms with Crippen LogP contribution >= 0.6 is 0 Å². The molecular formula is C13H21N5O2. The number of carbonyl (C=O) groups excluding carboxylic acids is 1. The molecule has 0 spiro atoms. The maximum atomic E-state index is 12.1. The summed E-state index contributed by atoms with van der Waals surface area (Å²) in [6.45, 7) is 4.29. The third-order valence-corrected chi connectivity index (χ3v) is 2.85. The molecule has 1 aromatic heterocycles. The molecule has 0 aliphatic carbocycles. The van der Waals surface area contributed by atoms with Gasteiger partial charge in [-0.1, -0.05) is 12.1 Å². The van der Waals surface area contributed by atoms with Crippen LogP contribution < -0.4 is 11.1 Å². The highest BCUT2D eigenvalue weighted by Gasteiger charge is 2.12. The SMILES string of the molecule is CCc1nnc(C)cc1C(=O)NCCCCC(N)=NO. The van der Waals surface area contributed by atoms with Crippen molar-refractivity contribution in [3.63, 3.8) is 0 Å². The number of oxime groups is 1. The van der Waals surface area contributed by atoms with Gasteiger partial charge in [0.15, 0.2) is 0 Å². The second-order valence-corrected chi connectivity index (χ2v) is 4.50. The topological polar surface area (TPSA) is 113 Å². The molecule has 4 N–H and O–H groups in total. The monoisotopic (exact) mass is 279 g/mol. The van der Waals surface area contributed by atoms with Crippen LogP contribution in [0.15, 0.2) is 11.2 Å². The first-order valence-corrected chi connectivity index (χ1v) is 6.66. The van der Waals surface area contributed by atoms with Gasteiger partial charge in [0, 0.05) is 13.0 Å². The van der Waals surface area contributed by atoms with E-state index in [1.54, 1.807) is 13.0 Å². The molecule has 1 heterocycles. The van der Waals surface area contributed by atoms with E-state index in [1.165, 1.54) is 0 Å². The van der Waals surface area contributed by atoms with E-state index in [9.17, 15) is 4.79 Å². The lowest BCUT2D eigenvalue weighted by Gasteiger charge is -2.08. The minimum Gasteiger partial charge on any atom is -0.409 e. The fourth-order valence-corrected chi connectivity index (χ4v) is 1.75. The smallest absolute Gasteiger partial charge is 0.253 e. The zero-order chi connectivity index (χ0) is 15.0. The van der Waals surface area contributed by atoms with E-state index >= 15 is 0 Å². The molecule has 7 heteroatoms. The van der Waals surface area contributed by atoms with Crippen molar-refractivity contribution in [1.29, 1.82) is 0 Å². The van der Waals surface area contributed by atoms with Crippen LogP contribution in [0, 0.1) is 6.92 Å². The standard InChI is InChI=1S/C13H21N5O2/c1-3-11-10(8-9(2)16-17-11)13(19)15-7-5-4-6-12(14)18-20/h8,20H,3-7H2,1-2H3,(H2,14,18)(H,15,19). The number of hydrogen-bond donors (Lipinski definition) is 3. The zero-order valence-electron chi connectivity index (χ0n) is 11.9. The van der Waals surface area contributed by atoms with Crippen molar-refractivity contribution >= 4 is 11.7 Å². The van der Waals surface area contributed by atoms with Gasteiger partial charge in [-0.05, 0) is 32.3 Å². The number of nitrogens with one attached hydrogen (secondary N) is 1. The zero-order valence-corrected chi connectivity index (χ0v) is 11.9. The number of hydrogen-bond acceptors (Lipinski definition) is 5. The van der Waals surface area contributed by atoms with Gasteiger partial charge in [-0.3, -0.25) is 4.79 Å². The van der Waals surface area contributed by atoms with Crippen molar-refractivity contribution in [3.05, 3.63) is 23.0 Å². The molecule has 0 saturated carbocycles. The normalized spacial score (nSPS) is 11.4. The van der Waals surface area contributed by atoms with E-state index in [2.05, 4.69) is 20.7 Å². The van der Waals surface area contributed by atoms with Gasteiger partial charge in [0.1, 0.15) is 5.84 Å². The average Bonchev–Trinajstić information content (AvgIpc) is 2.46. The van der Waals surface area contributed by atoms with E-state index in [-0.39, 0.29) is 11.7 Å². The van der Waals surface area contributed by atoms with Gasteiger partial charge in [-0.2, -0.15) is 10.2 Å². The number of amides is 1. The Bertz CT molecular complexity index is 488. The van der Waals surface area contributed by atoms with Crippen molar-refractivity contribution in [2.24, 2.45) is 10.9 Å². The fraction of sp³-hybridized carbons (Fsp3) is 0.538. The third kappa shape index (κ3) is 4.83. The lowest BCUT2D eigenvalue weighted by atomic mass is 10.1. The second-order valence-electron chi connectivity index (χ2n) is 4.50. The largest absolute Gasteiger partial charge is 0.409 e. The highest BCUT2D eigenvalue weighted by Crippen LogP contribution is 2.07.